The summed E-state index contributed by atoms with van der Waals surface area (Å²) in [4.78, 5) is 0. The summed E-state index contributed by atoms with van der Waals surface area (Å²) in [5, 5.41) is 4.46. The van der Waals surface area contributed by atoms with Gasteiger partial charge in [0, 0.05) is 21.5 Å². The number of methoxy groups -OCH3 is 1. The maximum atomic E-state index is 6.29. The van der Waals surface area contributed by atoms with Gasteiger partial charge in [-0.2, -0.15) is 0 Å². The Morgan fingerprint density at radius 2 is 1.29 bits per heavy atom. The van der Waals surface area contributed by atoms with Crippen LogP contribution in [0.3, 0.4) is 0 Å². The number of ether oxygens (including phenoxy) is 2. The lowest BCUT2D eigenvalue weighted by Crippen LogP contribution is -2.05. The summed E-state index contributed by atoms with van der Waals surface area (Å²) >= 11 is 0. The van der Waals surface area contributed by atoms with Crippen molar-refractivity contribution in [3.05, 3.63) is 48.5 Å². The largest absolute Gasteiger partial charge is 0.495 e. The van der Waals surface area contributed by atoms with Crippen LogP contribution >= 0.6 is 0 Å². The van der Waals surface area contributed by atoms with Gasteiger partial charge in [0.25, 0.3) is 0 Å². The average molecular weight is 322 g/mol. The molecule has 2 nitrogen and oxygen atoms in total. The van der Waals surface area contributed by atoms with Crippen LogP contribution in [0.15, 0.2) is 48.5 Å². The van der Waals surface area contributed by atoms with Gasteiger partial charge < -0.3 is 9.47 Å². The third-order valence-electron chi connectivity index (χ3n) is 4.68. The Bertz CT molecular complexity index is 766. The summed E-state index contributed by atoms with van der Waals surface area (Å²) in [5.41, 5.74) is 0. The van der Waals surface area contributed by atoms with Crippen LogP contribution in [0.25, 0.3) is 21.5 Å². The van der Waals surface area contributed by atoms with Gasteiger partial charge in [-0.25, -0.2) is 0 Å². The summed E-state index contributed by atoms with van der Waals surface area (Å²) in [6, 6.07) is 16.7. The summed E-state index contributed by atoms with van der Waals surface area (Å²) in [6.45, 7) is 5.29. The highest BCUT2D eigenvalue weighted by Gasteiger charge is 2.15. The fraction of sp³-hybridized carbons (Fsp3) is 0.364. The summed E-state index contributed by atoms with van der Waals surface area (Å²) in [6.07, 6.45) is 3.57. The predicted molar refractivity (Wildman–Crippen MR) is 102 cm³/mol. The SMILES string of the molecule is CCCC(C)CCOc1c2ccccc2c(OC)c2ccccc12. The Kier molecular flexibility index (Phi) is 5.24. The second-order valence-electron chi connectivity index (χ2n) is 6.48. The van der Waals surface area contributed by atoms with Gasteiger partial charge in [-0.1, -0.05) is 75.2 Å². The topological polar surface area (TPSA) is 18.5 Å². The van der Waals surface area contributed by atoms with E-state index in [2.05, 4.69) is 50.2 Å². The standard InChI is InChI=1S/C22H26O2/c1-4-9-16(2)14-15-24-22-19-12-7-5-10-17(19)21(23-3)18-11-6-8-13-20(18)22/h5-8,10-13,16H,4,9,14-15H2,1-3H3. The molecule has 0 fully saturated rings. The molecule has 1 atom stereocenters. The van der Waals surface area contributed by atoms with E-state index >= 15 is 0 Å². The molecule has 126 valence electrons. The fourth-order valence-electron chi connectivity index (χ4n) is 3.42. The van der Waals surface area contributed by atoms with Gasteiger partial charge in [-0.15, -0.1) is 0 Å². The van der Waals surface area contributed by atoms with Gasteiger partial charge in [-0.05, 0) is 12.3 Å². The smallest absolute Gasteiger partial charge is 0.135 e. The molecule has 2 heteroatoms. The lowest BCUT2D eigenvalue weighted by Gasteiger charge is -2.17. The zero-order valence-corrected chi connectivity index (χ0v) is 14.8. The van der Waals surface area contributed by atoms with Crippen LogP contribution in [0.2, 0.25) is 0 Å². The molecule has 0 heterocycles. The van der Waals surface area contributed by atoms with E-state index in [9.17, 15) is 0 Å². The maximum Gasteiger partial charge on any atom is 0.135 e. The Morgan fingerprint density at radius 3 is 1.75 bits per heavy atom. The first-order chi connectivity index (χ1) is 11.8. The quantitative estimate of drug-likeness (QED) is 0.482. The number of rotatable bonds is 7. The predicted octanol–water partition coefficient (Wildman–Crippen LogP) is 6.21. The molecule has 0 spiro atoms. The van der Waals surface area contributed by atoms with E-state index < -0.39 is 0 Å². The minimum Gasteiger partial charge on any atom is -0.495 e. The van der Waals surface area contributed by atoms with Crippen molar-refractivity contribution in [2.45, 2.75) is 33.1 Å². The molecule has 0 aliphatic carbocycles. The van der Waals surface area contributed by atoms with Gasteiger partial charge in [0.1, 0.15) is 11.5 Å². The van der Waals surface area contributed by atoms with Crippen molar-refractivity contribution < 1.29 is 9.47 Å². The maximum absolute atomic E-state index is 6.29. The minimum absolute atomic E-state index is 0.700. The van der Waals surface area contributed by atoms with Gasteiger partial charge in [0.05, 0.1) is 13.7 Å². The van der Waals surface area contributed by atoms with Crippen LogP contribution in [0, 0.1) is 5.92 Å². The van der Waals surface area contributed by atoms with Crippen molar-refractivity contribution in [1.82, 2.24) is 0 Å². The molecular formula is C22H26O2. The first-order valence-corrected chi connectivity index (χ1v) is 8.86. The molecule has 1 unspecified atom stereocenters. The molecule has 3 rings (SSSR count). The Morgan fingerprint density at radius 1 is 0.792 bits per heavy atom. The van der Waals surface area contributed by atoms with Crippen molar-refractivity contribution in [2.75, 3.05) is 13.7 Å². The lowest BCUT2D eigenvalue weighted by atomic mass is 10.0. The van der Waals surface area contributed by atoms with E-state index in [1.165, 1.54) is 12.8 Å². The second-order valence-corrected chi connectivity index (χ2v) is 6.48. The molecule has 0 aromatic heterocycles. The average Bonchev–Trinajstić information content (AvgIpc) is 2.61. The van der Waals surface area contributed by atoms with E-state index in [1.54, 1.807) is 7.11 Å². The van der Waals surface area contributed by atoms with E-state index in [0.29, 0.717) is 5.92 Å². The van der Waals surface area contributed by atoms with E-state index in [-0.39, 0.29) is 0 Å². The number of benzene rings is 3. The summed E-state index contributed by atoms with van der Waals surface area (Å²) in [5.74, 6) is 2.60. The number of hydrogen-bond acceptors (Lipinski definition) is 2. The lowest BCUT2D eigenvalue weighted by molar-refractivity contribution is 0.284. The Hall–Kier alpha value is -2.22. The van der Waals surface area contributed by atoms with Crippen LogP contribution in [0.4, 0.5) is 0 Å². The third kappa shape index (κ3) is 3.19. The van der Waals surface area contributed by atoms with Gasteiger partial charge in [0.2, 0.25) is 0 Å². The molecule has 0 saturated carbocycles. The highest BCUT2D eigenvalue weighted by atomic mass is 16.5. The first kappa shape index (κ1) is 16.6. The molecule has 0 saturated heterocycles. The van der Waals surface area contributed by atoms with Crippen LogP contribution in [-0.4, -0.2) is 13.7 Å². The summed E-state index contributed by atoms with van der Waals surface area (Å²) in [7, 11) is 1.74. The Labute approximate surface area is 144 Å². The molecule has 0 bridgehead atoms. The van der Waals surface area contributed by atoms with Gasteiger partial charge >= 0.3 is 0 Å². The van der Waals surface area contributed by atoms with E-state index in [0.717, 1.165) is 46.1 Å². The monoisotopic (exact) mass is 322 g/mol. The van der Waals surface area contributed by atoms with Crippen molar-refractivity contribution in [3.8, 4) is 11.5 Å². The number of hydrogen-bond donors (Lipinski definition) is 0. The zero-order chi connectivity index (χ0) is 16.9. The highest BCUT2D eigenvalue weighted by Crippen LogP contribution is 2.42. The molecule has 0 aliphatic heterocycles. The van der Waals surface area contributed by atoms with Gasteiger partial charge in [-0.3, -0.25) is 0 Å². The van der Waals surface area contributed by atoms with Crippen LogP contribution < -0.4 is 9.47 Å². The van der Waals surface area contributed by atoms with Crippen molar-refractivity contribution in [3.63, 3.8) is 0 Å². The molecule has 24 heavy (non-hydrogen) atoms. The minimum atomic E-state index is 0.700. The van der Waals surface area contributed by atoms with Gasteiger partial charge in [0.15, 0.2) is 0 Å². The third-order valence-corrected chi connectivity index (χ3v) is 4.68. The molecular weight excluding hydrogens is 296 g/mol. The number of fused-ring (bicyclic) bond motifs is 2. The highest BCUT2D eigenvalue weighted by molar-refractivity contribution is 6.11. The van der Waals surface area contributed by atoms with E-state index in [4.69, 9.17) is 9.47 Å². The van der Waals surface area contributed by atoms with Crippen molar-refractivity contribution >= 4 is 21.5 Å². The summed E-state index contributed by atoms with van der Waals surface area (Å²) < 4.78 is 12.0. The molecule has 0 radical (unpaired) electrons. The second kappa shape index (κ2) is 7.57. The molecule has 3 aromatic carbocycles. The van der Waals surface area contributed by atoms with E-state index in [1.807, 2.05) is 12.1 Å². The Balaban J connectivity index is 2.04. The first-order valence-electron chi connectivity index (χ1n) is 8.86. The normalized spacial score (nSPS) is 12.5. The zero-order valence-electron chi connectivity index (χ0n) is 14.8. The molecule has 0 N–H and O–H groups in total. The van der Waals surface area contributed by atoms with Crippen LogP contribution in [-0.2, 0) is 0 Å². The van der Waals surface area contributed by atoms with Crippen molar-refractivity contribution in [2.24, 2.45) is 5.92 Å². The van der Waals surface area contributed by atoms with Crippen LogP contribution in [0.5, 0.6) is 11.5 Å². The van der Waals surface area contributed by atoms with Crippen LogP contribution in [0.1, 0.15) is 33.1 Å². The molecule has 3 aromatic rings. The fourth-order valence-corrected chi connectivity index (χ4v) is 3.42. The van der Waals surface area contributed by atoms with Crippen molar-refractivity contribution in [1.29, 1.82) is 0 Å². The molecule has 0 amide bonds. The molecule has 0 aliphatic rings.